The summed E-state index contributed by atoms with van der Waals surface area (Å²) >= 11 is 0. The Labute approximate surface area is 90.5 Å². The number of hydrogen-bond donors (Lipinski definition) is 2. The van der Waals surface area contributed by atoms with Crippen molar-refractivity contribution in [2.24, 2.45) is 5.73 Å². The van der Waals surface area contributed by atoms with Crippen LogP contribution < -0.4 is 10.6 Å². The first kappa shape index (κ1) is 10.5. The summed E-state index contributed by atoms with van der Waals surface area (Å²) in [5.41, 5.74) is 9.20. The van der Waals surface area contributed by atoms with Gasteiger partial charge in [0.2, 0.25) is 0 Å². The predicted octanol–water partition coefficient (Wildman–Crippen LogP) is 0.890. The lowest BCUT2D eigenvalue weighted by molar-refractivity contribution is 0.282. The standard InChI is InChI=1S/C12H18N2O/c13-5-1-6-14-7-4-11-8-10(9-15)2-3-12(11)14/h2-3,8,15H,1,4-7,9,13H2. The van der Waals surface area contributed by atoms with E-state index in [-0.39, 0.29) is 6.61 Å². The second-order valence-electron chi connectivity index (χ2n) is 4.00. The fourth-order valence-electron chi connectivity index (χ4n) is 2.14. The summed E-state index contributed by atoms with van der Waals surface area (Å²) < 4.78 is 0. The summed E-state index contributed by atoms with van der Waals surface area (Å²) in [7, 11) is 0. The number of anilines is 1. The number of fused-ring (bicyclic) bond motifs is 1. The molecule has 0 aromatic heterocycles. The molecular formula is C12H18N2O. The Morgan fingerprint density at radius 1 is 1.40 bits per heavy atom. The van der Waals surface area contributed by atoms with Crippen LogP contribution in [0.4, 0.5) is 5.69 Å². The first-order valence-electron chi connectivity index (χ1n) is 5.53. The molecule has 0 spiro atoms. The molecule has 0 bridgehead atoms. The van der Waals surface area contributed by atoms with Crippen molar-refractivity contribution in [1.29, 1.82) is 0 Å². The highest BCUT2D eigenvalue weighted by atomic mass is 16.3. The second-order valence-corrected chi connectivity index (χ2v) is 4.00. The molecule has 15 heavy (non-hydrogen) atoms. The van der Waals surface area contributed by atoms with Gasteiger partial charge in [-0.15, -0.1) is 0 Å². The molecule has 1 heterocycles. The molecule has 0 saturated carbocycles. The molecule has 0 unspecified atom stereocenters. The van der Waals surface area contributed by atoms with E-state index in [0.29, 0.717) is 0 Å². The maximum Gasteiger partial charge on any atom is 0.0681 e. The van der Waals surface area contributed by atoms with E-state index in [1.807, 2.05) is 6.07 Å². The van der Waals surface area contributed by atoms with E-state index >= 15 is 0 Å². The average Bonchev–Trinajstić information content (AvgIpc) is 2.68. The second kappa shape index (κ2) is 4.64. The summed E-state index contributed by atoms with van der Waals surface area (Å²) in [6.45, 7) is 3.02. The third-order valence-corrected chi connectivity index (χ3v) is 2.95. The Balaban J connectivity index is 2.13. The monoisotopic (exact) mass is 206 g/mol. The van der Waals surface area contributed by atoms with E-state index in [1.54, 1.807) is 0 Å². The van der Waals surface area contributed by atoms with E-state index in [4.69, 9.17) is 10.8 Å². The molecule has 3 N–H and O–H groups in total. The van der Waals surface area contributed by atoms with E-state index in [0.717, 1.165) is 38.0 Å². The SMILES string of the molecule is NCCCN1CCc2cc(CO)ccc21. The summed E-state index contributed by atoms with van der Waals surface area (Å²) in [5.74, 6) is 0. The lowest BCUT2D eigenvalue weighted by atomic mass is 10.1. The van der Waals surface area contributed by atoms with Crippen molar-refractivity contribution in [2.75, 3.05) is 24.5 Å². The predicted molar refractivity (Wildman–Crippen MR) is 62.0 cm³/mol. The van der Waals surface area contributed by atoms with Crippen molar-refractivity contribution in [3.8, 4) is 0 Å². The summed E-state index contributed by atoms with van der Waals surface area (Å²) in [5, 5.41) is 9.05. The van der Waals surface area contributed by atoms with Gasteiger partial charge in [0.05, 0.1) is 6.61 Å². The highest BCUT2D eigenvalue weighted by molar-refractivity contribution is 5.59. The summed E-state index contributed by atoms with van der Waals surface area (Å²) in [6.07, 6.45) is 2.13. The highest BCUT2D eigenvalue weighted by Crippen LogP contribution is 2.28. The lowest BCUT2D eigenvalue weighted by Gasteiger charge is -2.18. The van der Waals surface area contributed by atoms with Crippen LogP contribution in [0.1, 0.15) is 17.5 Å². The smallest absolute Gasteiger partial charge is 0.0681 e. The Morgan fingerprint density at radius 3 is 3.00 bits per heavy atom. The molecule has 0 amide bonds. The molecule has 3 heteroatoms. The molecule has 1 aliphatic heterocycles. The highest BCUT2D eigenvalue weighted by Gasteiger charge is 2.18. The Morgan fingerprint density at radius 2 is 2.27 bits per heavy atom. The number of aliphatic hydroxyl groups is 1. The molecule has 82 valence electrons. The van der Waals surface area contributed by atoms with Crippen LogP contribution in [0.2, 0.25) is 0 Å². The summed E-state index contributed by atoms with van der Waals surface area (Å²) in [4.78, 5) is 2.38. The molecule has 0 fully saturated rings. The van der Waals surface area contributed by atoms with Crippen LogP contribution in [0.3, 0.4) is 0 Å². The Kier molecular flexibility index (Phi) is 3.23. The maximum atomic E-state index is 9.05. The Hall–Kier alpha value is -1.06. The minimum atomic E-state index is 0.135. The van der Waals surface area contributed by atoms with Crippen LogP contribution in [0.15, 0.2) is 18.2 Å². The number of rotatable bonds is 4. The molecule has 0 atom stereocenters. The van der Waals surface area contributed by atoms with Crippen LogP contribution in [0.25, 0.3) is 0 Å². The van der Waals surface area contributed by atoms with Gasteiger partial charge in [0.15, 0.2) is 0 Å². The van der Waals surface area contributed by atoms with Crippen molar-refractivity contribution >= 4 is 5.69 Å². The van der Waals surface area contributed by atoms with Crippen molar-refractivity contribution in [1.82, 2.24) is 0 Å². The van der Waals surface area contributed by atoms with Crippen molar-refractivity contribution in [3.05, 3.63) is 29.3 Å². The zero-order valence-corrected chi connectivity index (χ0v) is 8.95. The number of benzene rings is 1. The fourth-order valence-corrected chi connectivity index (χ4v) is 2.14. The maximum absolute atomic E-state index is 9.05. The summed E-state index contributed by atoms with van der Waals surface area (Å²) in [6, 6.07) is 6.22. The van der Waals surface area contributed by atoms with Gasteiger partial charge in [-0.1, -0.05) is 12.1 Å². The van der Waals surface area contributed by atoms with Gasteiger partial charge >= 0.3 is 0 Å². The van der Waals surface area contributed by atoms with Gasteiger partial charge in [-0.05, 0) is 36.6 Å². The zero-order valence-electron chi connectivity index (χ0n) is 8.95. The van der Waals surface area contributed by atoms with Crippen LogP contribution in [-0.4, -0.2) is 24.7 Å². The Bertz CT molecular complexity index is 338. The van der Waals surface area contributed by atoms with Gasteiger partial charge in [-0.25, -0.2) is 0 Å². The molecular weight excluding hydrogens is 188 g/mol. The molecule has 0 aliphatic carbocycles. The number of nitrogens with two attached hydrogens (primary N) is 1. The van der Waals surface area contributed by atoms with Gasteiger partial charge < -0.3 is 15.7 Å². The fraction of sp³-hybridized carbons (Fsp3) is 0.500. The first-order valence-corrected chi connectivity index (χ1v) is 5.53. The topological polar surface area (TPSA) is 49.5 Å². The lowest BCUT2D eigenvalue weighted by Crippen LogP contribution is -2.23. The third kappa shape index (κ3) is 2.13. The number of nitrogens with zero attached hydrogens (tertiary/aromatic N) is 1. The van der Waals surface area contributed by atoms with Gasteiger partial charge in [0.1, 0.15) is 0 Å². The largest absolute Gasteiger partial charge is 0.392 e. The minimum Gasteiger partial charge on any atom is -0.392 e. The normalized spacial score (nSPS) is 14.4. The average molecular weight is 206 g/mol. The quantitative estimate of drug-likeness (QED) is 0.769. The molecule has 0 saturated heterocycles. The molecule has 2 rings (SSSR count). The van der Waals surface area contributed by atoms with E-state index < -0.39 is 0 Å². The van der Waals surface area contributed by atoms with E-state index in [2.05, 4.69) is 17.0 Å². The third-order valence-electron chi connectivity index (χ3n) is 2.95. The molecule has 1 aromatic rings. The number of hydrogen-bond acceptors (Lipinski definition) is 3. The van der Waals surface area contributed by atoms with Gasteiger partial charge in [0, 0.05) is 18.8 Å². The first-order chi connectivity index (χ1) is 7.35. The molecule has 1 aromatic carbocycles. The zero-order chi connectivity index (χ0) is 10.7. The van der Waals surface area contributed by atoms with Gasteiger partial charge in [-0.3, -0.25) is 0 Å². The minimum absolute atomic E-state index is 0.135. The molecule has 3 nitrogen and oxygen atoms in total. The molecule has 0 radical (unpaired) electrons. The van der Waals surface area contributed by atoms with Crippen molar-refractivity contribution in [3.63, 3.8) is 0 Å². The van der Waals surface area contributed by atoms with E-state index in [9.17, 15) is 0 Å². The van der Waals surface area contributed by atoms with Gasteiger partial charge in [-0.2, -0.15) is 0 Å². The van der Waals surface area contributed by atoms with Crippen molar-refractivity contribution < 1.29 is 5.11 Å². The van der Waals surface area contributed by atoms with Crippen LogP contribution in [0.5, 0.6) is 0 Å². The number of aliphatic hydroxyl groups excluding tert-OH is 1. The van der Waals surface area contributed by atoms with Crippen LogP contribution in [0, 0.1) is 0 Å². The van der Waals surface area contributed by atoms with Crippen molar-refractivity contribution in [2.45, 2.75) is 19.4 Å². The van der Waals surface area contributed by atoms with Gasteiger partial charge in [0.25, 0.3) is 0 Å². The van der Waals surface area contributed by atoms with E-state index in [1.165, 1.54) is 11.3 Å². The molecule has 1 aliphatic rings. The van der Waals surface area contributed by atoms with Crippen LogP contribution in [-0.2, 0) is 13.0 Å². The van der Waals surface area contributed by atoms with Crippen LogP contribution >= 0.6 is 0 Å².